The minimum atomic E-state index is 0.0493. The molecule has 3 nitrogen and oxygen atoms in total. The molecule has 80 valence electrons. The number of fused-ring (bicyclic) bond motifs is 3. The largest absolute Gasteiger partial charge is 0.392 e. The molecular weight excluding hydrogens is 200 g/mol. The van der Waals surface area contributed by atoms with Crippen LogP contribution < -0.4 is 0 Å². The Balaban J connectivity index is 2.56. The van der Waals surface area contributed by atoms with Crippen LogP contribution in [0.2, 0.25) is 0 Å². The zero-order valence-electron chi connectivity index (χ0n) is 9.01. The lowest BCUT2D eigenvalue weighted by molar-refractivity contribution is 0.283. The summed E-state index contributed by atoms with van der Waals surface area (Å²) in [6.07, 6.45) is 2.00. The minimum Gasteiger partial charge on any atom is -0.392 e. The van der Waals surface area contributed by atoms with Crippen molar-refractivity contribution >= 4 is 16.6 Å². The first-order valence-corrected chi connectivity index (χ1v) is 5.27. The predicted molar refractivity (Wildman–Crippen MR) is 63.4 cm³/mol. The van der Waals surface area contributed by atoms with Crippen molar-refractivity contribution < 1.29 is 5.11 Å². The summed E-state index contributed by atoms with van der Waals surface area (Å²) in [5.41, 5.74) is 3.88. The third-order valence-electron chi connectivity index (χ3n) is 2.83. The SMILES string of the molecule is Cc1cn2c(ccc3cccc(CO)c32)n1. The molecule has 0 saturated heterocycles. The van der Waals surface area contributed by atoms with Gasteiger partial charge in [-0.05, 0) is 24.4 Å². The average Bonchev–Trinajstić information content (AvgIpc) is 2.68. The normalized spacial score (nSPS) is 11.4. The van der Waals surface area contributed by atoms with Crippen LogP contribution in [-0.4, -0.2) is 14.5 Å². The van der Waals surface area contributed by atoms with Crippen molar-refractivity contribution in [2.24, 2.45) is 0 Å². The van der Waals surface area contributed by atoms with Crippen LogP contribution >= 0.6 is 0 Å². The molecule has 0 saturated carbocycles. The molecule has 0 aliphatic carbocycles. The fourth-order valence-electron chi connectivity index (χ4n) is 2.14. The van der Waals surface area contributed by atoms with Crippen molar-refractivity contribution in [3.8, 4) is 0 Å². The second-order valence-electron chi connectivity index (χ2n) is 3.96. The Labute approximate surface area is 93.0 Å². The summed E-state index contributed by atoms with van der Waals surface area (Å²) < 4.78 is 2.04. The van der Waals surface area contributed by atoms with Crippen LogP contribution in [0, 0.1) is 6.92 Å². The Morgan fingerprint density at radius 2 is 2.12 bits per heavy atom. The highest BCUT2D eigenvalue weighted by atomic mass is 16.3. The number of benzene rings is 1. The number of hydrogen-bond acceptors (Lipinski definition) is 2. The van der Waals surface area contributed by atoms with Crippen molar-refractivity contribution in [1.82, 2.24) is 9.38 Å². The Hall–Kier alpha value is -1.87. The highest BCUT2D eigenvalue weighted by Crippen LogP contribution is 2.21. The maximum absolute atomic E-state index is 9.37. The van der Waals surface area contributed by atoms with Crippen molar-refractivity contribution in [3.05, 3.63) is 47.8 Å². The van der Waals surface area contributed by atoms with E-state index in [4.69, 9.17) is 0 Å². The molecule has 2 aromatic heterocycles. The van der Waals surface area contributed by atoms with E-state index in [0.717, 1.165) is 27.8 Å². The molecular formula is C13H12N2O. The van der Waals surface area contributed by atoms with Crippen molar-refractivity contribution in [2.45, 2.75) is 13.5 Å². The van der Waals surface area contributed by atoms with Crippen LogP contribution in [0.5, 0.6) is 0 Å². The molecule has 0 atom stereocenters. The van der Waals surface area contributed by atoms with Crippen molar-refractivity contribution in [3.63, 3.8) is 0 Å². The van der Waals surface area contributed by atoms with Gasteiger partial charge < -0.3 is 5.11 Å². The molecule has 0 spiro atoms. The van der Waals surface area contributed by atoms with E-state index >= 15 is 0 Å². The minimum absolute atomic E-state index is 0.0493. The molecule has 16 heavy (non-hydrogen) atoms. The van der Waals surface area contributed by atoms with E-state index in [1.165, 1.54) is 0 Å². The van der Waals surface area contributed by atoms with Crippen LogP contribution in [0.1, 0.15) is 11.3 Å². The van der Waals surface area contributed by atoms with Gasteiger partial charge in [0.1, 0.15) is 5.65 Å². The van der Waals surface area contributed by atoms with E-state index in [9.17, 15) is 5.11 Å². The van der Waals surface area contributed by atoms with Crippen LogP contribution in [0.3, 0.4) is 0 Å². The molecule has 0 aliphatic rings. The van der Waals surface area contributed by atoms with Gasteiger partial charge in [-0.1, -0.05) is 18.2 Å². The first-order valence-electron chi connectivity index (χ1n) is 5.27. The van der Waals surface area contributed by atoms with Crippen LogP contribution in [0.25, 0.3) is 16.6 Å². The van der Waals surface area contributed by atoms with E-state index in [1.807, 2.05) is 47.9 Å². The zero-order valence-corrected chi connectivity index (χ0v) is 9.01. The van der Waals surface area contributed by atoms with Gasteiger partial charge in [-0.15, -0.1) is 0 Å². The Bertz CT molecular complexity index is 670. The number of para-hydroxylation sites is 1. The summed E-state index contributed by atoms with van der Waals surface area (Å²) in [5.74, 6) is 0. The molecule has 3 heteroatoms. The number of aryl methyl sites for hydroxylation is 1. The van der Waals surface area contributed by atoms with Gasteiger partial charge in [-0.2, -0.15) is 0 Å². The predicted octanol–water partition coefficient (Wildman–Crippen LogP) is 2.29. The molecule has 0 amide bonds. The standard InChI is InChI=1S/C13H12N2O/c1-9-7-15-12(14-9)6-5-10-3-2-4-11(8-16)13(10)15/h2-7,16H,8H2,1H3. The number of nitrogens with zero attached hydrogens (tertiary/aromatic N) is 2. The highest BCUT2D eigenvalue weighted by molar-refractivity contribution is 5.85. The first kappa shape index (κ1) is 9.36. The van der Waals surface area contributed by atoms with Gasteiger partial charge in [0.15, 0.2) is 0 Å². The van der Waals surface area contributed by atoms with E-state index in [2.05, 4.69) is 4.98 Å². The molecule has 0 radical (unpaired) electrons. The fraction of sp³-hybridized carbons (Fsp3) is 0.154. The third kappa shape index (κ3) is 1.22. The van der Waals surface area contributed by atoms with E-state index in [0.29, 0.717) is 0 Å². The van der Waals surface area contributed by atoms with E-state index < -0.39 is 0 Å². The summed E-state index contributed by atoms with van der Waals surface area (Å²) in [5, 5.41) is 10.5. The second-order valence-corrected chi connectivity index (χ2v) is 3.96. The van der Waals surface area contributed by atoms with Gasteiger partial charge in [0.05, 0.1) is 17.8 Å². The fourth-order valence-corrected chi connectivity index (χ4v) is 2.14. The van der Waals surface area contributed by atoms with Crippen molar-refractivity contribution in [1.29, 1.82) is 0 Å². The average molecular weight is 212 g/mol. The summed E-state index contributed by atoms with van der Waals surface area (Å²) >= 11 is 0. The van der Waals surface area contributed by atoms with E-state index in [1.54, 1.807) is 0 Å². The Morgan fingerprint density at radius 1 is 1.25 bits per heavy atom. The third-order valence-corrected chi connectivity index (χ3v) is 2.83. The lowest BCUT2D eigenvalue weighted by atomic mass is 10.1. The summed E-state index contributed by atoms with van der Waals surface area (Å²) in [6, 6.07) is 9.98. The zero-order chi connectivity index (χ0) is 11.1. The maximum Gasteiger partial charge on any atom is 0.137 e. The molecule has 2 heterocycles. The number of hydrogen-bond donors (Lipinski definition) is 1. The first-order chi connectivity index (χ1) is 7.79. The summed E-state index contributed by atoms with van der Waals surface area (Å²) in [4.78, 5) is 4.42. The molecule has 1 aromatic carbocycles. The summed E-state index contributed by atoms with van der Waals surface area (Å²) in [7, 11) is 0. The van der Waals surface area contributed by atoms with Gasteiger partial charge in [0, 0.05) is 11.8 Å². The molecule has 0 unspecified atom stereocenters. The molecule has 1 N–H and O–H groups in total. The lowest BCUT2D eigenvalue weighted by Gasteiger charge is -2.06. The van der Waals surface area contributed by atoms with Crippen LogP contribution in [0.4, 0.5) is 0 Å². The molecule has 3 aromatic rings. The summed E-state index contributed by atoms with van der Waals surface area (Å²) in [6.45, 7) is 2.02. The number of aliphatic hydroxyl groups excluding tert-OH is 1. The smallest absolute Gasteiger partial charge is 0.137 e. The van der Waals surface area contributed by atoms with Gasteiger partial charge >= 0.3 is 0 Å². The quantitative estimate of drug-likeness (QED) is 0.672. The molecule has 3 rings (SSSR count). The maximum atomic E-state index is 9.37. The number of aromatic nitrogens is 2. The lowest BCUT2D eigenvalue weighted by Crippen LogP contribution is -1.93. The Morgan fingerprint density at radius 3 is 2.94 bits per heavy atom. The number of rotatable bonds is 1. The van der Waals surface area contributed by atoms with Crippen molar-refractivity contribution in [2.75, 3.05) is 0 Å². The van der Waals surface area contributed by atoms with Gasteiger partial charge in [0.2, 0.25) is 0 Å². The van der Waals surface area contributed by atoms with Gasteiger partial charge in [-0.25, -0.2) is 4.98 Å². The second kappa shape index (κ2) is 3.32. The number of aliphatic hydroxyl groups is 1. The number of imidazole rings is 1. The van der Waals surface area contributed by atoms with E-state index in [-0.39, 0.29) is 6.61 Å². The van der Waals surface area contributed by atoms with Crippen LogP contribution in [-0.2, 0) is 6.61 Å². The van der Waals surface area contributed by atoms with Gasteiger partial charge in [0.25, 0.3) is 0 Å². The van der Waals surface area contributed by atoms with Crippen LogP contribution in [0.15, 0.2) is 36.5 Å². The molecule has 0 bridgehead atoms. The number of pyridine rings is 1. The Kier molecular flexibility index (Phi) is 1.94. The topological polar surface area (TPSA) is 37.5 Å². The molecule has 0 aliphatic heterocycles. The highest BCUT2D eigenvalue weighted by Gasteiger charge is 2.06. The molecule has 0 fully saturated rings. The monoisotopic (exact) mass is 212 g/mol. The van der Waals surface area contributed by atoms with Gasteiger partial charge in [-0.3, -0.25) is 4.40 Å².